The van der Waals surface area contributed by atoms with Crippen molar-refractivity contribution in [2.75, 3.05) is 12.4 Å². The fourth-order valence-corrected chi connectivity index (χ4v) is 2.73. The summed E-state index contributed by atoms with van der Waals surface area (Å²) in [5, 5.41) is 7.65. The van der Waals surface area contributed by atoms with E-state index >= 15 is 0 Å². The van der Waals surface area contributed by atoms with Crippen LogP contribution in [-0.4, -0.2) is 22.8 Å². The Labute approximate surface area is 176 Å². The third kappa shape index (κ3) is 5.72. The van der Waals surface area contributed by atoms with Gasteiger partial charge in [-0.3, -0.25) is 0 Å². The number of anilines is 1. The molecule has 142 valence electrons. The maximum atomic E-state index is 5.99. The van der Waals surface area contributed by atoms with E-state index in [0.717, 1.165) is 22.8 Å². The van der Waals surface area contributed by atoms with Gasteiger partial charge in [-0.25, -0.2) is 9.67 Å². The molecule has 0 aliphatic rings. The summed E-state index contributed by atoms with van der Waals surface area (Å²) in [4.78, 5) is 4.37. The largest absolute Gasteiger partial charge is 0.497 e. The number of aromatic nitrogens is 2. The maximum absolute atomic E-state index is 5.99. The van der Waals surface area contributed by atoms with E-state index in [2.05, 4.69) is 35.3 Å². The lowest BCUT2D eigenvalue weighted by Gasteiger charge is -2.07. The van der Waals surface area contributed by atoms with Gasteiger partial charge < -0.3 is 15.8 Å². The Morgan fingerprint density at radius 2 is 1.78 bits per heavy atom. The molecule has 2 aromatic carbocycles. The average molecular weight is 477 g/mol. The van der Waals surface area contributed by atoms with Crippen molar-refractivity contribution in [1.82, 2.24) is 9.78 Å². The molecule has 27 heavy (non-hydrogen) atoms. The number of rotatable bonds is 5. The van der Waals surface area contributed by atoms with Crippen molar-refractivity contribution >= 4 is 35.6 Å². The summed E-state index contributed by atoms with van der Waals surface area (Å²) in [5.41, 5.74) is 11.1. The third-order valence-electron chi connectivity index (χ3n) is 3.89. The van der Waals surface area contributed by atoms with E-state index in [1.165, 1.54) is 11.1 Å². The van der Waals surface area contributed by atoms with Crippen molar-refractivity contribution in [2.45, 2.75) is 20.4 Å². The van der Waals surface area contributed by atoms with Gasteiger partial charge in [-0.1, -0.05) is 6.07 Å². The number of ether oxygens (including phenoxy) is 1. The highest BCUT2D eigenvalue weighted by Crippen LogP contribution is 2.15. The van der Waals surface area contributed by atoms with Crippen LogP contribution in [0, 0.1) is 13.8 Å². The predicted octanol–water partition coefficient (Wildman–Crippen LogP) is 4.04. The minimum Gasteiger partial charge on any atom is -0.497 e. The van der Waals surface area contributed by atoms with Gasteiger partial charge in [0.2, 0.25) is 0 Å². The molecular weight excluding hydrogens is 453 g/mol. The van der Waals surface area contributed by atoms with Crippen LogP contribution < -0.4 is 15.8 Å². The zero-order chi connectivity index (χ0) is 18.5. The minimum absolute atomic E-state index is 0. The molecule has 0 atom stereocenters. The summed E-state index contributed by atoms with van der Waals surface area (Å²) in [5.74, 6) is 1.19. The maximum Gasteiger partial charge on any atom is 0.193 e. The standard InChI is InChI=1S/C20H23N5O.HI/c1-14-10-15(2)12-17(11-14)23-20(21)22-13-16-8-9-25(24-16)18-4-6-19(26-3)7-5-18;/h4-12H,13H2,1-3H3,(H3,21,22,23);1H. The van der Waals surface area contributed by atoms with Gasteiger partial charge in [0.05, 0.1) is 25.0 Å². The average Bonchev–Trinajstić information content (AvgIpc) is 3.08. The topological polar surface area (TPSA) is 77.5 Å². The normalized spacial score (nSPS) is 11.0. The number of hydrogen-bond donors (Lipinski definition) is 2. The van der Waals surface area contributed by atoms with Crippen molar-refractivity contribution in [3.05, 3.63) is 71.5 Å². The monoisotopic (exact) mass is 477 g/mol. The first kappa shape index (κ1) is 20.8. The molecule has 0 saturated carbocycles. The van der Waals surface area contributed by atoms with E-state index in [-0.39, 0.29) is 24.0 Å². The van der Waals surface area contributed by atoms with Crippen LogP contribution in [0.4, 0.5) is 5.69 Å². The molecule has 0 amide bonds. The molecule has 1 aromatic heterocycles. The van der Waals surface area contributed by atoms with Gasteiger partial charge in [-0.15, -0.1) is 24.0 Å². The molecule has 3 N–H and O–H groups in total. The zero-order valence-corrected chi connectivity index (χ0v) is 18.0. The van der Waals surface area contributed by atoms with E-state index in [0.29, 0.717) is 12.5 Å². The number of hydrogen-bond acceptors (Lipinski definition) is 3. The molecule has 0 spiro atoms. The molecule has 1 heterocycles. The van der Waals surface area contributed by atoms with Gasteiger partial charge in [0.15, 0.2) is 5.96 Å². The summed E-state index contributed by atoms with van der Waals surface area (Å²) < 4.78 is 6.97. The Morgan fingerprint density at radius 3 is 2.41 bits per heavy atom. The Kier molecular flexibility index (Phi) is 7.23. The van der Waals surface area contributed by atoms with Crippen LogP contribution in [0.5, 0.6) is 5.75 Å². The number of nitrogens with two attached hydrogens (primary N) is 1. The van der Waals surface area contributed by atoms with Crippen LogP contribution in [0.2, 0.25) is 0 Å². The molecule has 6 nitrogen and oxygen atoms in total. The lowest BCUT2D eigenvalue weighted by atomic mass is 10.1. The zero-order valence-electron chi connectivity index (χ0n) is 15.6. The summed E-state index contributed by atoms with van der Waals surface area (Å²) in [6, 6.07) is 15.8. The fraction of sp³-hybridized carbons (Fsp3) is 0.200. The van der Waals surface area contributed by atoms with E-state index in [1.807, 2.05) is 48.7 Å². The number of nitrogens with zero attached hydrogens (tertiary/aromatic N) is 3. The summed E-state index contributed by atoms with van der Waals surface area (Å²) in [7, 11) is 1.65. The first-order valence-electron chi connectivity index (χ1n) is 8.38. The van der Waals surface area contributed by atoms with Crippen molar-refractivity contribution in [2.24, 2.45) is 10.7 Å². The van der Waals surface area contributed by atoms with Gasteiger partial charge in [0.25, 0.3) is 0 Å². The van der Waals surface area contributed by atoms with Gasteiger partial charge in [-0.2, -0.15) is 5.10 Å². The van der Waals surface area contributed by atoms with Crippen LogP contribution >= 0.6 is 24.0 Å². The van der Waals surface area contributed by atoms with Crippen molar-refractivity contribution in [1.29, 1.82) is 0 Å². The third-order valence-corrected chi connectivity index (χ3v) is 3.89. The quantitative estimate of drug-likeness (QED) is 0.331. The lowest BCUT2D eigenvalue weighted by Crippen LogP contribution is -2.22. The molecule has 0 radical (unpaired) electrons. The number of halogens is 1. The molecule has 3 aromatic rings. The minimum atomic E-state index is 0. The Hall–Kier alpha value is -2.55. The van der Waals surface area contributed by atoms with E-state index in [1.54, 1.807) is 11.8 Å². The van der Waals surface area contributed by atoms with Crippen LogP contribution in [0.25, 0.3) is 5.69 Å². The molecular formula is C20H24IN5O. The molecule has 0 saturated heterocycles. The number of aryl methyl sites for hydroxylation is 2. The van der Waals surface area contributed by atoms with E-state index < -0.39 is 0 Å². The number of guanidine groups is 1. The second-order valence-electron chi connectivity index (χ2n) is 6.15. The number of nitrogens with one attached hydrogen (secondary N) is 1. The smallest absolute Gasteiger partial charge is 0.193 e. The van der Waals surface area contributed by atoms with Gasteiger partial charge in [0.1, 0.15) is 5.75 Å². The molecule has 0 aliphatic carbocycles. The second-order valence-corrected chi connectivity index (χ2v) is 6.15. The van der Waals surface area contributed by atoms with Crippen LogP contribution in [0.1, 0.15) is 16.8 Å². The van der Waals surface area contributed by atoms with Crippen molar-refractivity contribution < 1.29 is 4.74 Å². The molecule has 0 bridgehead atoms. The van der Waals surface area contributed by atoms with Crippen LogP contribution in [-0.2, 0) is 6.54 Å². The number of methoxy groups -OCH3 is 1. The van der Waals surface area contributed by atoms with E-state index in [4.69, 9.17) is 10.5 Å². The second kappa shape index (κ2) is 9.40. The summed E-state index contributed by atoms with van der Waals surface area (Å²) in [6.45, 7) is 4.52. The molecule has 0 unspecified atom stereocenters. The van der Waals surface area contributed by atoms with Gasteiger partial charge >= 0.3 is 0 Å². The van der Waals surface area contributed by atoms with Gasteiger partial charge in [0, 0.05) is 11.9 Å². The first-order chi connectivity index (χ1) is 12.5. The van der Waals surface area contributed by atoms with E-state index in [9.17, 15) is 0 Å². The van der Waals surface area contributed by atoms with Crippen molar-refractivity contribution in [3.63, 3.8) is 0 Å². The molecule has 0 fully saturated rings. The first-order valence-corrected chi connectivity index (χ1v) is 8.38. The summed E-state index contributed by atoms with van der Waals surface area (Å²) in [6.07, 6.45) is 1.90. The highest BCUT2D eigenvalue weighted by atomic mass is 127. The fourth-order valence-electron chi connectivity index (χ4n) is 2.73. The van der Waals surface area contributed by atoms with Crippen molar-refractivity contribution in [3.8, 4) is 11.4 Å². The highest BCUT2D eigenvalue weighted by molar-refractivity contribution is 14.0. The number of benzene rings is 2. The highest BCUT2D eigenvalue weighted by Gasteiger charge is 2.03. The molecule has 3 rings (SSSR count). The SMILES string of the molecule is COc1ccc(-n2ccc(CN=C(N)Nc3cc(C)cc(C)c3)n2)cc1.I. The van der Waals surface area contributed by atoms with Crippen LogP contribution in [0.15, 0.2) is 59.7 Å². The van der Waals surface area contributed by atoms with Gasteiger partial charge in [-0.05, 0) is 67.4 Å². The molecule has 0 aliphatic heterocycles. The van der Waals surface area contributed by atoms with Crippen LogP contribution in [0.3, 0.4) is 0 Å². The lowest BCUT2D eigenvalue weighted by molar-refractivity contribution is 0.414. The Bertz CT molecular complexity index is 898. The Balaban J connectivity index is 0.00000261. The molecule has 7 heteroatoms. The predicted molar refractivity (Wildman–Crippen MR) is 120 cm³/mol. The summed E-state index contributed by atoms with van der Waals surface area (Å²) >= 11 is 0. The number of aliphatic imine (C=N–C) groups is 1. The Morgan fingerprint density at radius 1 is 1.11 bits per heavy atom.